The normalized spacial score (nSPS) is 10.7. The second kappa shape index (κ2) is 5.51. The average Bonchev–Trinajstić information content (AvgIpc) is 2.27. The molecule has 1 rings (SSSR count). The molecule has 0 saturated carbocycles. The fraction of sp³-hybridized carbons (Fsp3) is 0.417. The van der Waals surface area contributed by atoms with Crippen molar-refractivity contribution in [3.8, 4) is 5.75 Å². The van der Waals surface area contributed by atoms with Crippen molar-refractivity contribution in [2.45, 2.75) is 20.4 Å². The Balaban J connectivity index is 2.93. The number of phenols is 1. The summed E-state index contributed by atoms with van der Waals surface area (Å²) in [7, 11) is 0. The van der Waals surface area contributed by atoms with E-state index < -0.39 is 0 Å². The lowest BCUT2D eigenvalue weighted by Crippen LogP contribution is -2.22. The van der Waals surface area contributed by atoms with E-state index >= 15 is 0 Å². The third-order valence-electron chi connectivity index (χ3n) is 2.68. The lowest BCUT2D eigenvalue weighted by atomic mass is 10.1. The van der Waals surface area contributed by atoms with Crippen LogP contribution in [0.2, 0.25) is 0 Å². The molecule has 0 amide bonds. The molecular formula is C12H19N3O. The van der Waals surface area contributed by atoms with Crippen molar-refractivity contribution in [2.24, 2.45) is 5.73 Å². The van der Waals surface area contributed by atoms with Crippen molar-refractivity contribution < 1.29 is 5.11 Å². The number of nitrogens with zero attached hydrogens (tertiary/aromatic N) is 1. The summed E-state index contributed by atoms with van der Waals surface area (Å²) >= 11 is 0. The molecule has 0 aliphatic carbocycles. The van der Waals surface area contributed by atoms with Crippen LogP contribution in [0.5, 0.6) is 5.75 Å². The Morgan fingerprint density at radius 1 is 1.38 bits per heavy atom. The Labute approximate surface area is 96.2 Å². The Morgan fingerprint density at radius 2 is 2.00 bits per heavy atom. The van der Waals surface area contributed by atoms with Crippen LogP contribution in [-0.2, 0) is 6.54 Å². The minimum absolute atomic E-state index is 0.0285. The summed E-state index contributed by atoms with van der Waals surface area (Å²) in [5, 5.41) is 17.1. The number of nitrogen functional groups attached to an aromatic ring is 1. The number of phenolic OH excluding ortho intramolecular Hbond substituents is 1. The number of hydrogen-bond donors (Lipinski definition) is 3. The van der Waals surface area contributed by atoms with Crippen LogP contribution in [0.1, 0.15) is 25.0 Å². The van der Waals surface area contributed by atoms with E-state index in [4.69, 9.17) is 11.1 Å². The van der Waals surface area contributed by atoms with Crippen molar-refractivity contribution in [3.05, 3.63) is 29.3 Å². The summed E-state index contributed by atoms with van der Waals surface area (Å²) in [6.45, 7) is 6.70. The van der Waals surface area contributed by atoms with Gasteiger partial charge < -0.3 is 10.8 Å². The van der Waals surface area contributed by atoms with Gasteiger partial charge in [0, 0.05) is 17.7 Å². The molecule has 0 unspecified atom stereocenters. The van der Waals surface area contributed by atoms with E-state index in [1.807, 2.05) is 0 Å². The predicted molar refractivity (Wildman–Crippen MR) is 65.7 cm³/mol. The zero-order valence-corrected chi connectivity index (χ0v) is 9.83. The first kappa shape index (κ1) is 12.5. The van der Waals surface area contributed by atoms with E-state index in [0.29, 0.717) is 12.1 Å². The average molecular weight is 221 g/mol. The van der Waals surface area contributed by atoms with Crippen molar-refractivity contribution in [1.82, 2.24) is 4.90 Å². The van der Waals surface area contributed by atoms with Gasteiger partial charge in [0.2, 0.25) is 0 Å². The zero-order chi connectivity index (χ0) is 12.1. The van der Waals surface area contributed by atoms with Crippen LogP contribution in [0, 0.1) is 5.41 Å². The van der Waals surface area contributed by atoms with Gasteiger partial charge in [0.15, 0.2) is 0 Å². The molecule has 1 aromatic carbocycles. The standard InChI is InChI=1S/C12H19N3O/c1-3-15(4-2)8-10-7-9(12(13)14)5-6-11(10)16/h5-7,16H,3-4,8H2,1-2H3,(H3,13,14). The molecule has 0 spiro atoms. The van der Waals surface area contributed by atoms with Crippen LogP contribution in [-0.4, -0.2) is 28.9 Å². The van der Waals surface area contributed by atoms with Gasteiger partial charge in [0.05, 0.1) is 0 Å². The van der Waals surface area contributed by atoms with Gasteiger partial charge in [-0.2, -0.15) is 0 Å². The molecule has 0 atom stereocenters. The molecule has 0 bridgehead atoms. The number of amidine groups is 1. The van der Waals surface area contributed by atoms with Crippen LogP contribution in [0.25, 0.3) is 0 Å². The lowest BCUT2D eigenvalue weighted by Gasteiger charge is -2.19. The zero-order valence-electron chi connectivity index (χ0n) is 9.83. The van der Waals surface area contributed by atoms with Gasteiger partial charge >= 0.3 is 0 Å². The maximum absolute atomic E-state index is 9.72. The minimum atomic E-state index is 0.0285. The molecule has 4 heteroatoms. The van der Waals surface area contributed by atoms with Crippen molar-refractivity contribution in [2.75, 3.05) is 13.1 Å². The molecular weight excluding hydrogens is 202 g/mol. The van der Waals surface area contributed by atoms with Crippen LogP contribution < -0.4 is 5.73 Å². The van der Waals surface area contributed by atoms with Crippen molar-refractivity contribution in [1.29, 1.82) is 5.41 Å². The largest absolute Gasteiger partial charge is 0.508 e. The van der Waals surface area contributed by atoms with E-state index in [1.54, 1.807) is 18.2 Å². The lowest BCUT2D eigenvalue weighted by molar-refractivity contribution is 0.291. The van der Waals surface area contributed by atoms with E-state index in [-0.39, 0.29) is 11.6 Å². The molecule has 4 N–H and O–H groups in total. The molecule has 0 fully saturated rings. The van der Waals surface area contributed by atoms with Gasteiger partial charge in [-0.1, -0.05) is 13.8 Å². The van der Waals surface area contributed by atoms with E-state index in [9.17, 15) is 5.11 Å². The fourth-order valence-corrected chi connectivity index (χ4v) is 1.57. The Morgan fingerprint density at radius 3 is 2.50 bits per heavy atom. The number of nitrogens with two attached hydrogens (primary N) is 1. The van der Waals surface area contributed by atoms with Crippen molar-refractivity contribution in [3.63, 3.8) is 0 Å². The first-order valence-electron chi connectivity index (χ1n) is 5.47. The molecule has 0 aliphatic rings. The molecule has 0 radical (unpaired) electrons. The molecule has 4 nitrogen and oxygen atoms in total. The number of benzene rings is 1. The topological polar surface area (TPSA) is 73.3 Å². The van der Waals surface area contributed by atoms with Gasteiger partial charge in [-0.05, 0) is 31.3 Å². The van der Waals surface area contributed by atoms with Gasteiger partial charge in [0.1, 0.15) is 11.6 Å². The van der Waals surface area contributed by atoms with Crippen LogP contribution >= 0.6 is 0 Å². The quantitative estimate of drug-likeness (QED) is 0.521. The second-order valence-electron chi connectivity index (χ2n) is 3.72. The van der Waals surface area contributed by atoms with Crippen LogP contribution in [0.4, 0.5) is 0 Å². The molecule has 0 aromatic heterocycles. The third kappa shape index (κ3) is 2.97. The minimum Gasteiger partial charge on any atom is -0.508 e. The molecule has 16 heavy (non-hydrogen) atoms. The van der Waals surface area contributed by atoms with Gasteiger partial charge in [-0.15, -0.1) is 0 Å². The maximum Gasteiger partial charge on any atom is 0.122 e. The van der Waals surface area contributed by atoms with E-state index in [2.05, 4.69) is 18.7 Å². The summed E-state index contributed by atoms with van der Waals surface area (Å²) in [6, 6.07) is 5.02. The fourth-order valence-electron chi connectivity index (χ4n) is 1.57. The Bertz CT molecular complexity index is 373. The number of nitrogens with one attached hydrogen (secondary N) is 1. The number of hydrogen-bond acceptors (Lipinski definition) is 3. The maximum atomic E-state index is 9.72. The smallest absolute Gasteiger partial charge is 0.122 e. The van der Waals surface area contributed by atoms with Gasteiger partial charge in [0.25, 0.3) is 0 Å². The van der Waals surface area contributed by atoms with Crippen molar-refractivity contribution >= 4 is 5.84 Å². The van der Waals surface area contributed by atoms with E-state index in [1.165, 1.54) is 0 Å². The van der Waals surface area contributed by atoms with Gasteiger partial charge in [-0.25, -0.2) is 0 Å². The number of aromatic hydroxyl groups is 1. The molecule has 0 saturated heterocycles. The molecule has 0 aliphatic heterocycles. The SMILES string of the molecule is CCN(CC)Cc1cc(C(=N)N)ccc1O. The predicted octanol–water partition coefficient (Wildman–Crippen LogP) is 1.52. The molecule has 88 valence electrons. The van der Waals surface area contributed by atoms with Crippen LogP contribution in [0.15, 0.2) is 18.2 Å². The summed E-state index contributed by atoms with van der Waals surface area (Å²) in [4.78, 5) is 2.19. The second-order valence-corrected chi connectivity index (χ2v) is 3.72. The Hall–Kier alpha value is -1.55. The Kier molecular flexibility index (Phi) is 4.31. The highest BCUT2D eigenvalue weighted by molar-refractivity contribution is 5.95. The highest BCUT2D eigenvalue weighted by Crippen LogP contribution is 2.20. The first-order valence-corrected chi connectivity index (χ1v) is 5.47. The third-order valence-corrected chi connectivity index (χ3v) is 2.68. The van der Waals surface area contributed by atoms with E-state index in [0.717, 1.165) is 18.7 Å². The number of rotatable bonds is 5. The highest BCUT2D eigenvalue weighted by Gasteiger charge is 2.07. The monoisotopic (exact) mass is 221 g/mol. The molecule has 0 heterocycles. The summed E-state index contributed by atoms with van der Waals surface area (Å²) in [5.74, 6) is 0.290. The first-order chi connectivity index (χ1) is 7.58. The molecule has 1 aromatic rings. The summed E-state index contributed by atoms with van der Waals surface area (Å²) < 4.78 is 0. The van der Waals surface area contributed by atoms with Crippen LogP contribution in [0.3, 0.4) is 0 Å². The summed E-state index contributed by atoms with van der Waals surface area (Å²) in [5.41, 5.74) is 6.89. The summed E-state index contributed by atoms with van der Waals surface area (Å²) in [6.07, 6.45) is 0. The van der Waals surface area contributed by atoms with Gasteiger partial charge in [-0.3, -0.25) is 10.3 Å². The highest BCUT2D eigenvalue weighted by atomic mass is 16.3.